The second-order valence-electron chi connectivity index (χ2n) is 6.86. The van der Waals surface area contributed by atoms with Crippen LogP contribution in [0.25, 0.3) is 11.1 Å². The van der Waals surface area contributed by atoms with Crippen LogP contribution in [0.1, 0.15) is 31.1 Å². The molecule has 1 aliphatic carbocycles. The number of methoxy groups -OCH3 is 1. The van der Waals surface area contributed by atoms with E-state index in [0.717, 1.165) is 23.3 Å². The summed E-state index contributed by atoms with van der Waals surface area (Å²) in [6, 6.07) is 7.40. The molecule has 0 saturated heterocycles. The molecule has 2 aromatic rings. The van der Waals surface area contributed by atoms with E-state index >= 15 is 0 Å². The van der Waals surface area contributed by atoms with Gasteiger partial charge in [-0.3, -0.25) is 0 Å². The molecule has 0 radical (unpaired) electrons. The summed E-state index contributed by atoms with van der Waals surface area (Å²) >= 11 is 0. The van der Waals surface area contributed by atoms with Gasteiger partial charge in [0.2, 0.25) is 0 Å². The van der Waals surface area contributed by atoms with E-state index in [9.17, 15) is 13.6 Å². The number of fused-ring (bicyclic) bond motifs is 1. The maximum Gasteiger partial charge on any atom is 0.405 e. The minimum atomic E-state index is -0.835. The Bertz CT molecular complexity index is 849. The third-order valence-corrected chi connectivity index (χ3v) is 4.57. The number of carbonyl (C=O) groups is 1. The first kappa shape index (κ1) is 17.2. The maximum absolute atomic E-state index is 14.3. The number of ether oxygens (including phenoxy) is 2. The number of hydrogen-bond donors (Lipinski definition) is 1. The quantitative estimate of drug-likeness (QED) is 0.897. The zero-order valence-electron chi connectivity index (χ0n) is 14.2. The number of primary amides is 1. The summed E-state index contributed by atoms with van der Waals surface area (Å²) < 4.78 is 38.3. The average Bonchev–Trinajstić information content (AvgIpc) is 2.78. The van der Waals surface area contributed by atoms with Gasteiger partial charge in [0.25, 0.3) is 0 Å². The number of benzene rings is 2. The van der Waals surface area contributed by atoms with E-state index in [1.165, 1.54) is 7.11 Å². The lowest BCUT2D eigenvalue weighted by Crippen LogP contribution is -2.25. The van der Waals surface area contributed by atoms with Gasteiger partial charge in [0.15, 0.2) is 11.6 Å². The SMILES string of the molecule is COc1cc(F)c(-c2ccc3c(c2)CC(C)(C)C3OC(N)=O)cc1F. The molecule has 6 heteroatoms. The Balaban J connectivity index is 2.04. The van der Waals surface area contributed by atoms with Gasteiger partial charge in [-0.2, -0.15) is 0 Å². The van der Waals surface area contributed by atoms with Crippen molar-refractivity contribution in [1.82, 2.24) is 0 Å². The van der Waals surface area contributed by atoms with Gasteiger partial charge in [-0.1, -0.05) is 32.0 Å². The zero-order valence-corrected chi connectivity index (χ0v) is 14.2. The van der Waals surface area contributed by atoms with Gasteiger partial charge in [0.1, 0.15) is 11.9 Å². The minimum Gasteiger partial charge on any atom is -0.494 e. The Morgan fingerprint density at radius 1 is 1.20 bits per heavy atom. The molecule has 1 amide bonds. The largest absolute Gasteiger partial charge is 0.494 e. The third kappa shape index (κ3) is 3.04. The molecule has 1 atom stereocenters. The third-order valence-electron chi connectivity index (χ3n) is 4.57. The standard InChI is InChI=1S/C19H19F2NO3/c1-19(2)9-11-6-10(4-5-12(11)17(19)25-18(22)23)13-7-15(21)16(24-3)8-14(13)20/h4-8,17H,9H2,1-3H3,(H2,22,23). The maximum atomic E-state index is 14.3. The predicted molar refractivity (Wildman–Crippen MR) is 89.2 cm³/mol. The molecule has 0 aromatic heterocycles. The normalized spacial score (nSPS) is 17.9. The summed E-state index contributed by atoms with van der Waals surface area (Å²) in [6.07, 6.45) is -0.668. The number of carbonyl (C=O) groups excluding carboxylic acids is 1. The van der Waals surface area contributed by atoms with Crippen LogP contribution in [0.3, 0.4) is 0 Å². The summed E-state index contributed by atoms with van der Waals surface area (Å²) in [5.41, 5.74) is 7.29. The Kier molecular flexibility index (Phi) is 4.14. The molecule has 0 spiro atoms. The van der Waals surface area contributed by atoms with Crippen LogP contribution in [0.2, 0.25) is 0 Å². The van der Waals surface area contributed by atoms with E-state index in [4.69, 9.17) is 15.2 Å². The molecule has 132 valence electrons. The number of halogens is 2. The first-order chi connectivity index (χ1) is 11.7. The molecule has 0 fully saturated rings. The summed E-state index contributed by atoms with van der Waals surface area (Å²) in [7, 11) is 1.29. The smallest absolute Gasteiger partial charge is 0.405 e. The highest BCUT2D eigenvalue weighted by atomic mass is 19.1. The van der Waals surface area contributed by atoms with Gasteiger partial charge in [0.05, 0.1) is 7.11 Å². The van der Waals surface area contributed by atoms with Crippen molar-refractivity contribution in [3.05, 3.63) is 53.1 Å². The Labute approximate surface area is 144 Å². The molecule has 0 bridgehead atoms. The summed E-state index contributed by atoms with van der Waals surface area (Å²) in [4.78, 5) is 11.2. The van der Waals surface area contributed by atoms with Crippen molar-refractivity contribution < 1.29 is 23.0 Å². The van der Waals surface area contributed by atoms with Gasteiger partial charge < -0.3 is 15.2 Å². The van der Waals surface area contributed by atoms with Crippen molar-refractivity contribution in [2.75, 3.05) is 7.11 Å². The van der Waals surface area contributed by atoms with Crippen molar-refractivity contribution >= 4 is 6.09 Å². The lowest BCUT2D eigenvalue weighted by atomic mass is 9.87. The van der Waals surface area contributed by atoms with Gasteiger partial charge >= 0.3 is 6.09 Å². The van der Waals surface area contributed by atoms with Gasteiger partial charge in [0, 0.05) is 17.0 Å². The van der Waals surface area contributed by atoms with E-state index in [0.29, 0.717) is 12.0 Å². The first-order valence-corrected chi connectivity index (χ1v) is 7.85. The predicted octanol–water partition coefficient (Wildman–Crippen LogP) is 4.36. The summed E-state index contributed by atoms with van der Waals surface area (Å²) in [6.45, 7) is 3.93. The Morgan fingerprint density at radius 3 is 2.56 bits per heavy atom. The first-order valence-electron chi connectivity index (χ1n) is 7.85. The van der Waals surface area contributed by atoms with Gasteiger partial charge in [-0.15, -0.1) is 0 Å². The number of amides is 1. The van der Waals surface area contributed by atoms with Crippen molar-refractivity contribution in [3.8, 4) is 16.9 Å². The van der Waals surface area contributed by atoms with Gasteiger partial charge in [-0.05, 0) is 29.2 Å². The Morgan fingerprint density at radius 2 is 1.92 bits per heavy atom. The molecule has 0 aliphatic heterocycles. The molecule has 2 aromatic carbocycles. The fourth-order valence-electron chi connectivity index (χ4n) is 3.43. The number of nitrogens with two attached hydrogens (primary N) is 1. The van der Waals surface area contributed by atoms with Crippen LogP contribution in [-0.4, -0.2) is 13.2 Å². The highest BCUT2D eigenvalue weighted by Gasteiger charge is 2.41. The van der Waals surface area contributed by atoms with E-state index in [2.05, 4.69) is 0 Å². The monoisotopic (exact) mass is 347 g/mol. The average molecular weight is 347 g/mol. The molecule has 2 N–H and O–H groups in total. The molecular formula is C19H19F2NO3. The van der Waals surface area contributed by atoms with Crippen LogP contribution >= 0.6 is 0 Å². The van der Waals surface area contributed by atoms with Crippen LogP contribution in [0.15, 0.2) is 30.3 Å². The lowest BCUT2D eigenvalue weighted by Gasteiger charge is -2.26. The molecule has 1 unspecified atom stereocenters. The van der Waals surface area contributed by atoms with E-state index in [1.807, 2.05) is 13.8 Å². The van der Waals surface area contributed by atoms with Crippen molar-refractivity contribution in [2.24, 2.45) is 11.1 Å². The van der Waals surface area contributed by atoms with E-state index < -0.39 is 23.8 Å². The summed E-state index contributed by atoms with van der Waals surface area (Å²) in [5.74, 6) is -1.34. The molecule has 0 saturated carbocycles. The number of rotatable bonds is 3. The second kappa shape index (κ2) is 6.02. The van der Waals surface area contributed by atoms with Crippen LogP contribution < -0.4 is 10.5 Å². The molecule has 4 nitrogen and oxygen atoms in total. The highest BCUT2D eigenvalue weighted by molar-refractivity contribution is 5.68. The van der Waals surface area contributed by atoms with Crippen LogP contribution in [0.4, 0.5) is 13.6 Å². The molecule has 1 aliphatic rings. The Hall–Kier alpha value is -2.63. The van der Waals surface area contributed by atoms with Crippen LogP contribution in [-0.2, 0) is 11.2 Å². The topological polar surface area (TPSA) is 61.6 Å². The fraction of sp³-hybridized carbons (Fsp3) is 0.316. The van der Waals surface area contributed by atoms with Crippen LogP contribution in [0, 0.1) is 17.0 Å². The summed E-state index contributed by atoms with van der Waals surface area (Å²) in [5, 5.41) is 0. The van der Waals surface area contributed by atoms with Crippen molar-refractivity contribution in [1.29, 1.82) is 0 Å². The second-order valence-corrected chi connectivity index (χ2v) is 6.86. The van der Waals surface area contributed by atoms with E-state index in [-0.39, 0.29) is 16.7 Å². The zero-order chi connectivity index (χ0) is 18.4. The van der Waals surface area contributed by atoms with Crippen molar-refractivity contribution in [3.63, 3.8) is 0 Å². The molecular weight excluding hydrogens is 328 g/mol. The molecule has 25 heavy (non-hydrogen) atoms. The lowest BCUT2D eigenvalue weighted by molar-refractivity contribution is 0.0392. The number of hydrogen-bond acceptors (Lipinski definition) is 3. The van der Waals surface area contributed by atoms with Crippen LogP contribution in [0.5, 0.6) is 5.75 Å². The molecule has 3 rings (SSSR count). The van der Waals surface area contributed by atoms with Crippen molar-refractivity contribution in [2.45, 2.75) is 26.4 Å². The highest BCUT2D eigenvalue weighted by Crippen LogP contribution is 2.48. The van der Waals surface area contributed by atoms with Gasteiger partial charge in [-0.25, -0.2) is 13.6 Å². The minimum absolute atomic E-state index is 0.140. The van der Waals surface area contributed by atoms with E-state index in [1.54, 1.807) is 18.2 Å². The fourth-order valence-corrected chi connectivity index (χ4v) is 3.43. The molecule has 0 heterocycles.